The summed E-state index contributed by atoms with van der Waals surface area (Å²) in [6.45, 7) is 5.42. The zero-order valence-electron chi connectivity index (χ0n) is 12.0. The predicted octanol–water partition coefficient (Wildman–Crippen LogP) is 2.70. The van der Waals surface area contributed by atoms with Crippen LogP contribution < -0.4 is 5.32 Å². The van der Waals surface area contributed by atoms with Gasteiger partial charge >= 0.3 is 0 Å². The van der Waals surface area contributed by atoms with Gasteiger partial charge in [-0.25, -0.2) is 0 Å². The molecule has 0 saturated carbocycles. The number of piperidine rings is 1. The fraction of sp³-hybridized carbons (Fsp3) is 0.933. The number of rotatable bonds is 1. The minimum Gasteiger partial charge on any atom is -0.336 e. The molecule has 18 heavy (non-hydrogen) atoms. The SMILES string of the molecule is C[C@@H]1CCC[C@H](C)N1C(=O)C1CCCCCCN1. The third-order valence-corrected chi connectivity index (χ3v) is 4.56. The highest BCUT2D eigenvalue weighted by Gasteiger charge is 2.33. The topological polar surface area (TPSA) is 32.3 Å². The van der Waals surface area contributed by atoms with Crippen LogP contribution in [-0.4, -0.2) is 35.5 Å². The fourth-order valence-electron chi connectivity index (χ4n) is 3.45. The Morgan fingerprint density at radius 2 is 1.61 bits per heavy atom. The summed E-state index contributed by atoms with van der Waals surface area (Å²) in [5.74, 6) is 0.358. The Hall–Kier alpha value is -0.570. The third kappa shape index (κ3) is 3.25. The minimum absolute atomic E-state index is 0.0771. The highest BCUT2D eigenvalue weighted by atomic mass is 16.2. The van der Waals surface area contributed by atoms with Crippen molar-refractivity contribution in [2.45, 2.75) is 83.3 Å². The fourth-order valence-corrected chi connectivity index (χ4v) is 3.45. The number of carbonyl (C=O) groups is 1. The van der Waals surface area contributed by atoms with Crippen molar-refractivity contribution >= 4 is 5.91 Å². The van der Waals surface area contributed by atoms with E-state index in [0.717, 1.165) is 13.0 Å². The van der Waals surface area contributed by atoms with Gasteiger partial charge in [0.2, 0.25) is 5.91 Å². The quantitative estimate of drug-likeness (QED) is 0.778. The lowest BCUT2D eigenvalue weighted by Crippen LogP contribution is -2.55. The van der Waals surface area contributed by atoms with Crippen LogP contribution in [0.15, 0.2) is 0 Å². The lowest BCUT2D eigenvalue weighted by atomic mass is 9.95. The first-order chi connectivity index (χ1) is 8.70. The van der Waals surface area contributed by atoms with Crippen molar-refractivity contribution in [1.82, 2.24) is 10.2 Å². The summed E-state index contributed by atoms with van der Waals surface area (Å²) in [6, 6.07) is 0.926. The summed E-state index contributed by atoms with van der Waals surface area (Å²) in [5.41, 5.74) is 0. The molecule has 2 heterocycles. The normalized spacial score (nSPS) is 34.8. The number of carbonyl (C=O) groups excluding carboxylic acids is 1. The van der Waals surface area contributed by atoms with E-state index in [1.807, 2.05) is 0 Å². The van der Waals surface area contributed by atoms with E-state index in [2.05, 4.69) is 24.1 Å². The van der Waals surface area contributed by atoms with E-state index in [9.17, 15) is 4.79 Å². The van der Waals surface area contributed by atoms with Gasteiger partial charge in [-0.05, 0) is 52.5 Å². The Labute approximate surface area is 111 Å². The van der Waals surface area contributed by atoms with E-state index in [-0.39, 0.29) is 6.04 Å². The molecule has 0 aromatic heterocycles. The van der Waals surface area contributed by atoms with Gasteiger partial charge in [-0.3, -0.25) is 4.79 Å². The lowest BCUT2D eigenvalue weighted by molar-refractivity contribution is -0.139. The average Bonchev–Trinajstić information content (AvgIpc) is 2.27. The van der Waals surface area contributed by atoms with Gasteiger partial charge in [0.25, 0.3) is 0 Å². The molecule has 2 rings (SSSR count). The van der Waals surface area contributed by atoms with Gasteiger partial charge in [0.15, 0.2) is 0 Å². The Morgan fingerprint density at radius 3 is 2.33 bits per heavy atom. The molecular weight excluding hydrogens is 224 g/mol. The van der Waals surface area contributed by atoms with Crippen molar-refractivity contribution in [2.24, 2.45) is 0 Å². The van der Waals surface area contributed by atoms with E-state index >= 15 is 0 Å². The van der Waals surface area contributed by atoms with E-state index in [4.69, 9.17) is 0 Å². The second kappa shape index (κ2) is 6.55. The third-order valence-electron chi connectivity index (χ3n) is 4.56. The van der Waals surface area contributed by atoms with Gasteiger partial charge < -0.3 is 10.2 Å². The second-order valence-electron chi connectivity index (χ2n) is 6.08. The van der Waals surface area contributed by atoms with Gasteiger partial charge in [0.1, 0.15) is 0 Å². The Kier molecular flexibility index (Phi) is 5.04. The van der Waals surface area contributed by atoms with Crippen molar-refractivity contribution in [3.63, 3.8) is 0 Å². The van der Waals surface area contributed by atoms with Crippen molar-refractivity contribution < 1.29 is 4.79 Å². The van der Waals surface area contributed by atoms with Gasteiger partial charge in [0.05, 0.1) is 6.04 Å². The first-order valence-corrected chi connectivity index (χ1v) is 7.75. The maximum atomic E-state index is 12.7. The molecule has 2 aliphatic rings. The zero-order valence-corrected chi connectivity index (χ0v) is 12.0. The highest BCUT2D eigenvalue weighted by Crippen LogP contribution is 2.24. The van der Waals surface area contributed by atoms with Crippen molar-refractivity contribution in [3.05, 3.63) is 0 Å². The number of nitrogens with zero attached hydrogens (tertiary/aromatic N) is 1. The lowest BCUT2D eigenvalue weighted by Gasteiger charge is -2.41. The largest absolute Gasteiger partial charge is 0.336 e. The number of nitrogens with one attached hydrogen (secondary N) is 1. The number of hydrogen-bond donors (Lipinski definition) is 1. The smallest absolute Gasteiger partial charge is 0.240 e. The summed E-state index contributed by atoms with van der Waals surface area (Å²) in [6.07, 6.45) is 9.64. The van der Waals surface area contributed by atoms with E-state index in [0.29, 0.717) is 18.0 Å². The first-order valence-electron chi connectivity index (χ1n) is 7.75. The molecule has 1 N–H and O–H groups in total. The van der Waals surface area contributed by atoms with Crippen LogP contribution in [0.4, 0.5) is 0 Å². The molecule has 2 saturated heterocycles. The van der Waals surface area contributed by atoms with E-state index in [1.165, 1.54) is 44.9 Å². The molecule has 0 aromatic carbocycles. The Morgan fingerprint density at radius 1 is 0.944 bits per heavy atom. The molecule has 0 radical (unpaired) electrons. The Bertz CT molecular complexity index is 262. The van der Waals surface area contributed by atoms with Gasteiger partial charge in [-0.2, -0.15) is 0 Å². The molecule has 1 unspecified atom stereocenters. The summed E-state index contributed by atoms with van der Waals surface area (Å²) < 4.78 is 0. The van der Waals surface area contributed by atoms with E-state index < -0.39 is 0 Å². The number of hydrogen-bond acceptors (Lipinski definition) is 2. The second-order valence-corrected chi connectivity index (χ2v) is 6.08. The van der Waals surface area contributed by atoms with Crippen molar-refractivity contribution in [1.29, 1.82) is 0 Å². The molecule has 0 aliphatic carbocycles. The molecular formula is C15H28N2O. The molecule has 0 bridgehead atoms. The maximum absolute atomic E-state index is 12.7. The van der Waals surface area contributed by atoms with Crippen LogP contribution in [0.2, 0.25) is 0 Å². The molecule has 104 valence electrons. The van der Waals surface area contributed by atoms with E-state index in [1.54, 1.807) is 0 Å². The van der Waals surface area contributed by atoms with Crippen molar-refractivity contribution in [3.8, 4) is 0 Å². The molecule has 0 spiro atoms. The van der Waals surface area contributed by atoms with Gasteiger partial charge in [-0.15, -0.1) is 0 Å². The molecule has 3 heteroatoms. The summed E-state index contributed by atoms with van der Waals surface area (Å²) >= 11 is 0. The van der Waals surface area contributed by atoms with Crippen molar-refractivity contribution in [2.75, 3.05) is 6.54 Å². The average molecular weight is 252 g/mol. The summed E-state index contributed by atoms with van der Waals surface area (Å²) in [5, 5.41) is 3.47. The van der Waals surface area contributed by atoms with Crippen LogP contribution in [0, 0.1) is 0 Å². The van der Waals surface area contributed by atoms with Crippen LogP contribution in [0.1, 0.15) is 65.2 Å². The summed E-state index contributed by atoms with van der Waals surface area (Å²) in [7, 11) is 0. The molecule has 1 amide bonds. The highest BCUT2D eigenvalue weighted by molar-refractivity contribution is 5.82. The van der Waals surface area contributed by atoms with Gasteiger partial charge in [-0.1, -0.05) is 19.3 Å². The Balaban J connectivity index is 1.98. The zero-order chi connectivity index (χ0) is 13.0. The van der Waals surface area contributed by atoms with Gasteiger partial charge in [0, 0.05) is 12.1 Å². The molecule has 0 aromatic rings. The molecule has 2 fully saturated rings. The van der Waals surface area contributed by atoms with Crippen LogP contribution in [-0.2, 0) is 4.79 Å². The summed E-state index contributed by atoms with van der Waals surface area (Å²) in [4.78, 5) is 14.9. The van der Waals surface area contributed by atoms with Crippen LogP contribution in [0.5, 0.6) is 0 Å². The first kappa shape index (κ1) is 13.9. The van der Waals surface area contributed by atoms with Crippen LogP contribution >= 0.6 is 0 Å². The minimum atomic E-state index is 0.0771. The molecule has 2 aliphatic heterocycles. The number of likely N-dealkylation sites (tertiary alicyclic amines) is 1. The van der Waals surface area contributed by atoms with Crippen LogP contribution in [0.25, 0.3) is 0 Å². The predicted molar refractivity (Wildman–Crippen MR) is 74.5 cm³/mol. The maximum Gasteiger partial charge on any atom is 0.240 e. The van der Waals surface area contributed by atoms with Crippen LogP contribution in [0.3, 0.4) is 0 Å². The monoisotopic (exact) mass is 252 g/mol. The standard InChI is InChI=1S/C15H28N2O/c1-12-8-7-9-13(2)17(12)15(18)14-10-5-3-4-6-11-16-14/h12-14,16H,3-11H2,1-2H3/t12-,13+,14?. The molecule has 3 atom stereocenters. The molecule has 3 nitrogen and oxygen atoms in total. The number of amides is 1.